The Hall–Kier alpha value is -4.03. The molecule has 0 amide bonds. The molecule has 0 radical (unpaired) electrons. The van der Waals surface area contributed by atoms with Crippen molar-refractivity contribution in [1.82, 2.24) is 4.98 Å². The first-order valence-corrected chi connectivity index (χ1v) is 14.6. The molecule has 3 aromatic rings. The number of hydrogen-bond acceptors (Lipinski definition) is 7. The summed E-state index contributed by atoms with van der Waals surface area (Å²) in [6.45, 7) is 3.97. The summed E-state index contributed by atoms with van der Waals surface area (Å²) in [5.74, 6) is -1.74. The van der Waals surface area contributed by atoms with Crippen LogP contribution >= 0.6 is 0 Å². The number of ether oxygens (including phenoxy) is 1. The van der Waals surface area contributed by atoms with E-state index in [2.05, 4.69) is 9.71 Å². The number of nitrogens with one attached hydrogen (secondary N) is 1. The molecule has 9 heteroatoms. The van der Waals surface area contributed by atoms with Crippen molar-refractivity contribution < 1.29 is 22.7 Å². The minimum Gasteiger partial charge on any atom is -0.458 e. The second kappa shape index (κ2) is 13.4. The van der Waals surface area contributed by atoms with Gasteiger partial charge in [0.2, 0.25) is 5.88 Å². The normalized spacial score (nSPS) is 20.2. The molecular formula is C31H33N3O5S. The summed E-state index contributed by atoms with van der Waals surface area (Å²) < 4.78 is 26.7. The molecule has 4 atom stereocenters. The molecule has 4 rings (SSSR count). The molecule has 1 N–H and O–H groups in total. The fourth-order valence-corrected chi connectivity index (χ4v) is 5.94. The number of aromatic nitrogens is 1. The second-order valence-corrected chi connectivity index (χ2v) is 10.9. The standard InChI is InChI=1S/C31H33N3O5S/c1-3-16-31(17-15-22-9-6-5-7-10-22)19-27(35)29(30(36)38-31)26(4-2)24-11-8-12-25(18-24)34-40(37)39-28-14-13-23(20-32)21-33-28/h5-14,18,21,26,29,34H,3-4,15-17,19H2,1-2H3/t26-,29?,31+,40?/m0/s1. The fraction of sp³-hybridized carbons (Fsp3) is 0.355. The van der Waals surface area contributed by atoms with Gasteiger partial charge >= 0.3 is 17.2 Å². The van der Waals surface area contributed by atoms with Crippen LogP contribution in [0.4, 0.5) is 5.69 Å². The van der Waals surface area contributed by atoms with E-state index >= 15 is 0 Å². The van der Waals surface area contributed by atoms with Crippen molar-refractivity contribution in [1.29, 1.82) is 5.26 Å². The molecule has 208 valence electrons. The van der Waals surface area contributed by atoms with Crippen LogP contribution in [0.5, 0.6) is 5.88 Å². The average Bonchev–Trinajstić information content (AvgIpc) is 2.95. The number of anilines is 1. The van der Waals surface area contributed by atoms with E-state index in [1.54, 1.807) is 18.2 Å². The molecule has 40 heavy (non-hydrogen) atoms. The first kappa shape index (κ1) is 29.0. The van der Waals surface area contributed by atoms with E-state index in [0.29, 0.717) is 30.5 Å². The Morgan fingerprint density at radius 1 is 1.12 bits per heavy atom. The van der Waals surface area contributed by atoms with Gasteiger partial charge in [-0.1, -0.05) is 62.7 Å². The summed E-state index contributed by atoms with van der Waals surface area (Å²) in [6.07, 6.45) is 4.86. The second-order valence-electron chi connectivity index (χ2n) is 10.0. The van der Waals surface area contributed by atoms with Gasteiger partial charge in [0.15, 0.2) is 5.78 Å². The van der Waals surface area contributed by atoms with Gasteiger partial charge < -0.3 is 8.92 Å². The van der Waals surface area contributed by atoms with Crippen LogP contribution in [0, 0.1) is 17.2 Å². The number of aryl methyl sites for hydroxylation is 1. The minimum absolute atomic E-state index is 0.0956. The molecule has 2 aromatic carbocycles. The molecule has 1 fully saturated rings. The van der Waals surface area contributed by atoms with Gasteiger partial charge in [0, 0.05) is 30.3 Å². The smallest absolute Gasteiger partial charge is 0.317 e. The zero-order chi connectivity index (χ0) is 28.5. The quantitative estimate of drug-likeness (QED) is 0.219. The lowest BCUT2D eigenvalue weighted by Gasteiger charge is -2.40. The number of hydrogen-bond donors (Lipinski definition) is 1. The van der Waals surface area contributed by atoms with Crippen molar-refractivity contribution in [2.24, 2.45) is 5.92 Å². The maximum absolute atomic E-state index is 13.6. The lowest BCUT2D eigenvalue weighted by molar-refractivity contribution is -0.180. The molecule has 1 aliphatic rings. The Balaban J connectivity index is 1.46. The van der Waals surface area contributed by atoms with Crippen LogP contribution in [0.3, 0.4) is 0 Å². The molecule has 0 spiro atoms. The minimum atomic E-state index is -1.96. The lowest BCUT2D eigenvalue weighted by Crippen LogP contribution is -2.49. The Morgan fingerprint density at radius 3 is 2.58 bits per heavy atom. The summed E-state index contributed by atoms with van der Waals surface area (Å²) in [6, 6.07) is 22.1. The largest absolute Gasteiger partial charge is 0.458 e. The third-order valence-corrected chi connectivity index (χ3v) is 7.94. The summed E-state index contributed by atoms with van der Waals surface area (Å²) >= 11 is -1.96. The van der Waals surface area contributed by atoms with Crippen molar-refractivity contribution in [3.63, 3.8) is 0 Å². The molecule has 0 saturated carbocycles. The molecule has 2 unspecified atom stereocenters. The van der Waals surface area contributed by atoms with E-state index in [4.69, 9.17) is 14.2 Å². The third kappa shape index (κ3) is 7.13. The van der Waals surface area contributed by atoms with Gasteiger partial charge in [-0.05, 0) is 55.0 Å². The number of carbonyl (C=O) groups is 2. The average molecular weight is 560 g/mol. The number of Topliss-reactive ketones (excluding diaryl/α,β-unsaturated/α-hetero) is 1. The van der Waals surface area contributed by atoms with Crippen LogP contribution in [0.15, 0.2) is 72.9 Å². The molecular weight excluding hydrogens is 526 g/mol. The molecule has 1 aromatic heterocycles. The van der Waals surface area contributed by atoms with E-state index in [1.807, 2.05) is 56.3 Å². The van der Waals surface area contributed by atoms with E-state index in [9.17, 15) is 13.8 Å². The van der Waals surface area contributed by atoms with Gasteiger partial charge in [-0.15, -0.1) is 0 Å². The number of rotatable bonds is 12. The molecule has 0 bridgehead atoms. The fourth-order valence-electron chi connectivity index (χ4n) is 5.32. The van der Waals surface area contributed by atoms with E-state index in [-0.39, 0.29) is 24.0 Å². The number of pyridine rings is 1. The van der Waals surface area contributed by atoms with Crippen molar-refractivity contribution in [3.8, 4) is 11.9 Å². The van der Waals surface area contributed by atoms with Gasteiger partial charge in [-0.25, -0.2) is 4.98 Å². The molecule has 0 aliphatic carbocycles. The van der Waals surface area contributed by atoms with Crippen LogP contribution in [-0.2, 0) is 32.0 Å². The van der Waals surface area contributed by atoms with E-state index in [1.165, 1.54) is 18.3 Å². The maximum atomic E-state index is 13.6. The summed E-state index contributed by atoms with van der Waals surface area (Å²) in [4.78, 5) is 31.0. The number of nitriles is 1. The SMILES string of the molecule is CCC[C@@]1(CCc2ccccc2)CC(=O)C([C@@H](CC)c2cccc(NS(=O)Oc3ccc(C#N)cn3)c2)C(=O)O1. The van der Waals surface area contributed by atoms with Gasteiger partial charge in [-0.2, -0.15) is 9.47 Å². The predicted molar refractivity (Wildman–Crippen MR) is 152 cm³/mol. The zero-order valence-electron chi connectivity index (χ0n) is 22.7. The van der Waals surface area contributed by atoms with Gasteiger partial charge in [0.1, 0.15) is 17.6 Å². The third-order valence-electron chi connectivity index (χ3n) is 7.22. The monoisotopic (exact) mass is 559 g/mol. The predicted octanol–water partition coefficient (Wildman–Crippen LogP) is 5.82. The Morgan fingerprint density at radius 2 is 1.93 bits per heavy atom. The molecule has 1 saturated heterocycles. The topological polar surface area (TPSA) is 118 Å². The van der Waals surface area contributed by atoms with Crippen LogP contribution in [0.2, 0.25) is 0 Å². The first-order valence-electron chi connectivity index (χ1n) is 13.5. The highest BCUT2D eigenvalue weighted by Crippen LogP contribution is 2.41. The van der Waals surface area contributed by atoms with Crippen LogP contribution in [-0.4, -0.2) is 26.5 Å². The number of benzene rings is 2. The van der Waals surface area contributed by atoms with Crippen molar-refractivity contribution in [3.05, 3.63) is 89.6 Å². The van der Waals surface area contributed by atoms with Crippen LogP contribution < -0.4 is 8.91 Å². The number of cyclic esters (lactones) is 1. The highest BCUT2D eigenvalue weighted by atomic mass is 32.2. The Bertz CT molecular complexity index is 1370. The zero-order valence-corrected chi connectivity index (χ0v) is 23.5. The van der Waals surface area contributed by atoms with Gasteiger partial charge in [0.05, 0.1) is 5.56 Å². The maximum Gasteiger partial charge on any atom is 0.317 e. The van der Waals surface area contributed by atoms with Crippen LogP contribution in [0.1, 0.15) is 68.6 Å². The van der Waals surface area contributed by atoms with Gasteiger partial charge in [0.25, 0.3) is 0 Å². The molecule has 1 aliphatic heterocycles. The summed E-state index contributed by atoms with van der Waals surface area (Å²) in [7, 11) is 0. The van der Waals surface area contributed by atoms with E-state index < -0.39 is 28.8 Å². The summed E-state index contributed by atoms with van der Waals surface area (Å²) in [5.41, 5.74) is 2.00. The van der Waals surface area contributed by atoms with Gasteiger partial charge in [-0.3, -0.25) is 14.3 Å². The molecule has 2 heterocycles. The number of carbonyl (C=O) groups excluding carboxylic acids is 2. The highest BCUT2D eigenvalue weighted by molar-refractivity contribution is 7.81. The number of ketones is 1. The van der Waals surface area contributed by atoms with E-state index in [0.717, 1.165) is 24.0 Å². The van der Waals surface area contributed by atoms with Crippen molar-refractivity contribution in [2.45, 2.75) is 63.9 Å². The first-order chi connectivity index (χ1) is 19.4. The number of nitrogens with zero attached hydrogens (tertiary/aromatic N) is 2. The van der Waals surface area contributed by atoms with Crippen molar-refractivity contribution in [2.75, 3.05) is 4.72 Å². The highest BCUT2D eigenvalue weighted by Gasteiger charge is 2.48. The van der Waals surface area contributed by atoms with Crippen molar-refractivity contribution >= 4 is 28.7 Å². The number of esters is 1. The Kier molecular flexibility index (Phi) is 9.67. The van der Waals surface area contributed by atoms with Crippen LogP contribution in [0.25, 0.3) is 0 Å². The Labute approximate surface area is 237 Å². The summed E-state index contributed by atoms with van der Waals surface area (Å²) in [5, 5.41) is 8.89. The molecule has 8 nitrogen and oxygen atoms in total. The lowest BCUT2D eigenvalue weighted by atomic mass is 9.74.